The summed E-state index contributed by atoms with van der Waals surface area (Å²) < 4.78 is 31.6. The summed E-state index contributed by atoms with van der Waals surface area (Å²) in [6.07, 6.45) is 1.22. The van der Waals surface area contributed by atoms with Crippen molar-refractivity contribution < 1.29 is 18.3 Å². The van der Waals surface area contributed by atoms with Gasteiger partial charge >= 0.3 is 0 Å². The normalized spacial score (nSPS) is 20.1. The number of benzene rings is 1. The number of ketones is 1. The Labute approximate surface area is 117 Å². The van der Waals surface area contributed by atoms with Crippen molar-refractivity contribution in [1.29, 1.82) is 0 Å². The molecule has 0 spiro atoms. The van der Waals surface area contributed by atoms with Crippen molar-refractivity contribution in [1.82, 2.24) is 4.90 Å². The number of nitrogens with zero attached hydrogens (tertiary/aromatic N) is 1. The van der Waals surface area contributed by atoms with Crippen LogP contribution < -0.4 is 0 Å². The average molecular weight is 283 g/mol. The number of halogens is 2. The zero-order valence-electron chi connectivity index (χ0n) is 11.6. The van der Waals surface area contributed by atoms with Crippen molar-refractivity contribution in [2.45, 2.75) is 25.8 Å². The van der Waals surface area contributed by atoms with Gasteiger partial charge < -0.3 is 4.74 Å². The monoisotopic (exact) mass is 283 g/mol. The number of carbonyl (C=O) groups is 1. The van der Waals surface area contributed by atoms with Gasteiger partial charge in [0.2, 0.25) is 0 Å². The van der Waals surface area contributed by atoms with Crippen molar-refractivity contribution in [2.24, 2.45) is 0 Å². The summed E-state index contributed by atoms with van der Waals surface area (Å²) >= 11 is 0. The summed E-state index contributed by atoms with van der Waals surface area (Å²) in [5, 5.41) is 0. The molecular formula is C15H19F2NO2. The summed E-state index contributed by atoms with van der Waals surface area (Å²) in [6.45, 7) is 4.82. The minimum atomic E-state index is -0.717. The minimum absolute atomic E-state index is 0.101. The lowest BCUT2D eigenvalue weighted by Crippen LogP contribution is -2.45. The molecule has 1 heterocycles. The molecule has 0 amide bonds. The average Bonchev–Trinajstić information content (AvgIpc) is 2.44. The van der Waals surface area contributed by atoms with Crippen molar-refractivity contribution in [3.63, 3.8) is 0 Å². The highest BCUT2D eigenvalue weighted by Crippen LogP contribution is 2.14. The molecule has 110 valence electrons. The molecule has 0 radical (unpaired) electrons. The highest BCUT2D eigenvalue weighted by Gasteiger charge is 2.22. The number of morpholine rings is 1. The van der Waals surface area contributed by atoms with Gasteiger partial charge in [0, 0.05) is 37.2 Å². The Kier molecular flexibility index (Phi) is 5.20. The molecule has 3 nitrogen and oxygen atoms in total. The van der Waals surface area contributed by atoms with Crippen LogP contribution >= 0.6 is 0 Å². The fraction of sp³-hybridized carbons (Fsp3) is 0.533. The van der Waals surface area contributed by atoms with E-state index in [-0.39, 0.29) is 17.8 Å². The summed E-state index contributed by atoms with van der Waals surface area (Å²) in [7, 11) is 0. The van der Waals surface area contributed by atoms with Gasteiger partial charge in [-0.15, -0.1) is 0 Å². The van der Waals surface area contributed by atoms with Crippen LogP contribution in [0.3, 0.4) is 0 Å². The Hall–Kier alpha value is -1.33. The maximum Gasteiger partial charge on any atom is 0.164 e. The van der Waals surface area contributed by atoms with Crippen molar-refractivity contribution in [2.75, 3.05) is 26.3 Å². The first-order valence-corrected chi connectivity index (χ1v) is 6.91. The van der Waals surface area contributed by atoms with E-state index in [2.05, 4.69) is 11.8 Å². The lowest BCUT2D eigenvalue weighted by atomic mass is 10.1. The van der Waals surface area contributed by atoms with Crippen LogP contribution in [-0.2, 0) is 4.74 Å². The zero-order valence-corrected chi connectivity index (χ0v) is 11.6. The van der Waals surface area contributed by atoms with Gasteiger partial charge in [-0.25, -0.2) is 8.78 Å². The van der Waals surface area contributed by atoms with E-state index >= 15 is 0 Å². The molecule has 0 aromatic heterocycles. The fourth-order valence-corrected chi connectivity index (χ4v) is 2.46. The molecular weight excluding hydrogens is 264 g/mol. The maximum absolute atomic E-state index is 13.1. The Morgan fingerprint density at radius 3 is 2.70 bits per heavy atom. The highest BCUT2D eigenvalue weighted by molar-refractivity contribution is 5.96. The fourth-order valence-electron chi connectivity index (χ4n) is 2.46. The molecule has 2 rings (SSSR count). The van der Waals surface area contributed by atoms with E-state index in [1.807, 2.05) is 0 Å². The predicted molar refractivity (Wildman–Crippen MR) is 71.8 cm³/mol. The highest BCUT2D eigenvalue weighted by atomic mass is 19.1. The number of hydrogen-bond acceptors (Lipinski definition) is 3. The molecule has 0 saturated carbocycles. The van der Waals surface area contributed by atoms with Gasteiger partial charge in [0.15, 0.2) is 5.78 Å². The van der Waals surface area contributed by atoms with Crippen LogP contribution in [0.1, 0.15) is 30.1 Å². The number of Topliss-reactive ketones (excluding diaryl/α,β-unsaturated/α-hetero) is 1. The molecule has 1 aliphatic rings. The Morgan fingerprint density at radius 2 is 2.05 bits per heavy atom. The van der Waals surface area contributed by atoms with E-state index in [0.29, 0.717) is 25.8 Å². The van der Waals surface area contributed by atoms with Crippen molar-refractivity contribution in [3.05, 3.63) is 35.4 Å². The van der Waals surface area contributed by atoms with E-state index in [1.165, 1.54) is 0 Å². The Balaban J connectivity index is 1.94. The third-order valence-corrected chi connectivity index (χ3v) is 3.63. The summed E-state index contributed by atoms with van der Waals surface area (Å²) in [5.41, 5.74) is 0.101. The van der Waals surface area contributed by atoms with Gasteiger partial charge in [0.25, 0.3) is 0 Å². The summed E-state index contributed by atoms with van der Waals surface area (Å²) in [5.74, 6) is -1.66. The third-order valence-electron chi connectivity index (χ3n) is 3.63. The zero-order chi connectivity index (χ0) is 14.5. The summed E-state index contributed by atoms with van der Waals surface area (Å²) in [6, 6.07) is 3.26. The first-order chi connectivity index (χ1) is 9.60. The van der Waals surface area contributed by atoms with Gasteiger partial charge in [-0.3, -0.25) is 9.69 Å². The Morgan fingerprint density at radius 1 is 1.35 bits per heavy atom. The lowest BCUT2D eigenvalue weighted by molar-refractivity contribution is -0.00839. The molecule has 0 aliphatic carbocycles. The van der Waals surface area contributed by atoms with Gasteiger partial charge in [-0.1, -0.05) is 6.92 Å². The van der Waals surface area contributed by atoms with E-state index in [1.54, 1.807) is 0 Å². The van der Waals surface area contributed by atoms with Crippen molar-refractivity contribution >= 4 is 5.78 Å². The van der Waals surface area contributed by atoms with Gasteiger partial charge in [-0.05, 0) is 18.6 Å². The molecule has 1 saturated heterocycles. The van der Waals surface area contributed by atoms with Gasteiger partial charge in [-0.2, -0.15) is 0 Å². The second kappa shape index (κ2) is 6.90. The number of rotatable bonds is 5. The number of ether oxygens (including phenoxy) is 1. The predicted octanol–water partition coefficient (Wildman–Crippen LogP) is 2.65. The number of hydrogen-bond donors (Lipinski definition) is 0. The Bertz CT molecular complexity index is 459. The van der Waals surface area contributed by atoms with Crippen LogP contribution in [0.2, 0.25) is 0 Å². The third kappa shape index (κ3) is 3.84. The molecule has 1 fully saturated rings. The second-order valence-electron chi connectivity index (χ2n) is 5.00. The van der Waals surface area contributed by atoms with E-state index in [4.69, 9.17) is 4.74 Å². The van der Waals surface area contributed by atoms with Crippen LogP contribution in [-0.4, -0.2) is 43.0 Å². The molecule has 1 aromatic rings. The van der Waals surface area contributed by atoms with Crippen LogP contribution in [0.5, 0.6) is 0 Å². The topological polar surface area (TPSA) is 29.5 Å². The standard InChI is InChI=1S/C15H19F2NO2/c1-2-14-10-20-6-5-18(14)4-3-15(19)11-7-12(16)9-13(17)8-11/h7-9,14H,2-6,10H2,1H3. The van der Waals surface area contributed by atoms with Crippen LogP contribution in [0.4, 0.5) is 8.78 Å². The molecule has 0 bridgehead atoms. The van der Waals surface area contributed by atoms with E-state index in [0.717, 1.165) is 31.2 Å². The van der Waals surface area contributed by atoms with Crippen molar-refractivity contribution in [3.8, 4) is 0 Å². The van der Waals surface area contributed by atoms with Gasteiger partial charge in [0.1, 0.15) is 11.6 Å². The van der Waals surface area contributed by atoms with Gasteiger partial charge in [0.05, 0.1) is 13.2 Å². The SMILES string of the molecule is CCC1COCCN1CCC(=O)c1cc(F)cc(F)c1. The van der Waals surface area contributed by atoms with Crippen LogP contribution in [0.15, 0.2) is 18.2 Å². The smallest absolute Gasteiger partial charge is 0.164 e. The molecule has 20 heavy (non-hydrogen) atoms. The molecule has 5 heteroatoms. The first-order valence-electron chi connectivity index (χ1n) is 6.91. The number of carbonyl (C=O) groups excluding carboxylic acids is 1. The molecule has 1 aromatic carbocycles. The minimum Gasteiger partial charge on any atom is -0.378 e. The van der Waals surface area contributed by atoms with Crippen LogP contribution in [0.25, 0.3) is 0 Å². The summed E-state index contributed by atoms with van der Waals surface area (Å²) in [4.78, 5) is 14.2. The van der Waals surface area contributed by atoms with E-state index < -0.39 is 11.6 Å². The molecule has 1 unspecified atom stereocenters. The van der Waals surface area contributed by atoms with Crippen LogP contribution in [0, 0.1) is 11.6 Å². The first kappa shape index (κ1) is 15.1. The second-order valence-corrected chi connectivity index (χ2v) is 5.00. The molecule has 0 N–H and O–H groups in total. The van der Waals surface area contributed by atoms with E-state index in [9.17, 15) is 13.6 Å². The molecule has 1 atom stereocenters. The lowest BCUT2D eigenvalue weighted by Gasteiger charge is -2.34. The largest absolute Gasteiger partial charge is 0.378 e. The molecule has 1 aliphatic heterocycles. The quantitative estimate of drug-likeness (QED) is 0.778. The maximum atomic E-state index is 13.1.